The van der Waals surface area contributed by atoms with E-state index in [4.69, 9.17) is 4.74 Å². The van der Waals surface area contributed by atoms with Crippen molar-refractivity contribution >= 4 is 22.9 Å². The number of rotatable bonds is 8. The highest BCUT2D eigenvalue weighted by molar-refractivity contribution is 7.09. The van der Waals surface area contributed by atoms with E-state index in [1.807, 2.05) is 36.6 Å². The van der Waals surface area contributed by atoms with E-state index in [0.717, 1.165) is 28.6 Å². The van der Waals surface area contributed by atoms with Crippen molar-refractivity contribution in [2.45, 2.75) is 39.3 Å². The van der Waals surface area contributed by atoms with E-state index >= 15 is 0 Å². The number of nitrogens with zero attached hydrogens (tertiary/aromatic N) is 1. The van der Waals surface area contributed by atoms with Gasteiger partial charge in [0.15, 0.2) is 0 Å². The first-order valence-electron chi connectivity index (χ1n) is 7.77. The van der Waals surface area contributed by atoms with Gasteiger partial charge in [0.2, 0.25) is 5.91 Å². The Kier molecular flexibility index (Phi) is 6.40. The van der Waals surface area contributed by atoms with Crippen LogP contribution in [-0.4, -0.2) is 24.0 Å². The summed E-state index contributed by atoms with van der Waals surface area (Å²) < 4.78 is 5.20. The minimum absolute atomic E-state index is 0.0245. The molecule has 1 aromatic carbocycles. The Balaban J connectivity index is 1.92. The maximum Gasteiger partial charge on any atom is 0.242 e. The van der Waals surface area contributed by atoms with Gasteiger partial charge in [-0.25, -0.2) is 4.98 Å². The van der Waals surface area contributed by atoms with E-state index in [1.165, 1.54) is 0 Å². The van der Waals surface area contributed by atoms with Gasteiger partial charge in [0, 0.05) is 17.1 Å². The zero-order valence-electron chi connectivity index (χ0n) is 13.8. The maximum absolute atomic E-state index is 12.4. The smallest absolute Gasteiger partial charge is 0.242 e. The van der Waals surface area contributed by atoms with Crippen LogP contribution in [0.1, 0.15) is 31.0 Å². The van der Waals surface area contributed by atoms with Crippen molar-refractivity contribution in [1.29, 1.82) is 0 Å². The van der Waals surface area contributed by atoms with Crippen molar-refractivity contribution in [1.82, 2.24) is 10.3 Å². The fraction of sp³-hybridized carbons (Fsp3) is 0.412. The Morgan fingerprint density at radius 3 is 2.87 bits per heavy atom. The molecule has 6 heteroatoms. The average Bonchev–Trinajstić information content (AvgIpc) is 3.05. The number of carbonyl (C=O) groups is 1. The summed E-state index contributed by atoms with van der Waals surface area (Å²) in [4.78, 5) is 16.8. The van der Waals surface area contributed by atoms with Gasteiger partial charge in [-0.15, -0.1) is 11.3 Å². The second kappa shape index (κ2) is 8.53. The molecule has 0 spiro atoms. The molecule has 1 aromatic heterocycles. The molecule has 0 aliphatic carbocycles. The minimum Gasteiger partial charge on any atom is -0.497 e. The molecule has 0 aliphatic rings. The van der Waals surface area contributed by atoms with Gasteiger partial charge < -0.3 is 15.4 Å². The monoisotopic (exact) mass is 333 g/mol. The quantitative estimate of drug-likeness (QED) is 0.778. The zero-order valence-corrected chi connectivity index (χ0v) is 14.6. The van der Waals surface area contributed by atoms with Crippen LogP contribution in [0.25, 0.3) is 0 Å². The maximum atomic E-state index is 12.4. The predicted molar refractivity (Wildman–Crippen MR) is 94.0 cm³/mol. The standard InChI is InChI=1S/C17H23N3O2S/c1-4-12-11-23-16(20-12)10-18-17(21)15(5-2)19-13-7-6-8-14(9-13)22-3/h6-9,11,15,19H,4-5,10H2,1-3H3,(H,18,21). The lowest BCUT2D eigenvalue weighted by Crippen LogP contribution is -2.38. The molecule has 1 atom stereocenters. The minimum atomic E-state index is -0.285. The molecule has 2 aromatic rings. The number of nitrogens with one attached hydrogen (secondary N) is 2. The number of benzene rings is 1. The first-order valence-corrected chi connectivity index (χ1v) is 8.65. The molecule has 0 aliphatic heterocycles. The third-order valence-electron chi connectivity index (χ3n) is 3.51. The molecule has 23 heavy (non-hydrogen) atoms. The fourth-order valence-corrected chi connectivity index (χ4v) is 2.96. The van der Waals surface area contributed by atoms with Crippen LogP contribution < -0.4 is 15.4 Å². The van der Waals surface area contributed by atoms with E-state index in [2.05, 4.69) is 22.5 Å². The molecule has 0 saturated heterocycles. The van der Waals surface area contributed by atoms with E-state index in [0.29, 0.717) is 13.0 Å². The highest BCUT2D eigenvalue weighted by Crippen LogP contribution is 2.18. The van der Waals surface area contributed by atoms with E-state index in [1.54, 1.807) is 18.4 Å². The third-order valence-corrected chi connectivity index (χ3v) is 4.41. The van der Waals surface area contributed by atoms with Crippen LogP contribution in [0.4, 0.5) is 5.69 Å². The van der Waals surface area contributed by atoms with Crippen molar-refractivity contribution in [3.05, 3.63) is 40.3 Å². The Morgan fingerprint density at radius 1 is 1.39 bits per heavy atom. The number of carbonyl (C=O) groups excluding carboxylic acids is 1. The van der Waals surface area contributed by atoms with Crippen LogP contribution >= 0.6 is 11.3 Å². The lowest BCUT2D eigenvalue weighted by molar-refractivity contribution is -0.122. The van der Waals surface area contributed by atoms with Crippen LogP contribution in [0, 0.1) is 0 Å². The third kappa shape index (κ3) is 4.96. The van der Waals surface area contributed by atoms with Gasteiger partial charge in [0.05, 0.1) is 19.3 Å². The Morgan fingerprint density at radius 2 is 2.22 bits per heavy atom. The number of hydrogen-bond acceptors (Lipinski definition) is 5. The summed E-state index contributed by atoms with van der Waals surface area (Å²) >= 11 is 1.58. The Bertz CT molecular complexity index is 642. The van der Waals surface area contributed by atoms with Crippen LogP contribution in [0.5, 0.6) is 5.75 Å². The fourth-order valence-electron chi connectivity index (χ4n) is 2.15. The summed E-state index contributed by atoms with van der Waals surface area (Å²) in [5.74, 6) is 0.740. The lowest BCUT2D eigenvalue weighted by atomic mass is 10.2. The number of ether oxygens (including phenoxy) is 1. The average molecular weight is 333 g/mol. The predicted octanol–water partition coefficient (Wildman–Crippen LogP) is 3.22. The van der Waals surface area contributed by atoms with Gasteiger partial charge in [0.1, 0.15) is 16.8 Å². The molecule has 0 fully saturated rings. The SMILES string of the molecule is CCc1csc(CNC(=O)C(CC)Nc2cccc(OC)c2)n1. The van der Waals surface area contributed by atoms with E-state index in [-0.39, 0.29) is 11.9 Å². The lowest BCUT2D eigenvalue weighted by Gasteiger charge is -2.18. The van der Waals surface area contributed by atoms with Crippen LogP contribution in [0.15, 0.2) is 29.6 Å². The van der Waals surface area contributed by atoms with Gasteiger partial charge in [-0.3, -0.25) is 4.79 Å². The van der Waals surface area contributed by atoms with Crippen molar-refractivity contribution in [2.24, 2.45) is 0 Å². The molecule has 1 heterocycles. The molecular weight excluding hydrogens is 310 g/mol. The van der Waals surface area contributed by atoms with Crippen molar-refractivity contribution < 1.29 is 9.53 Å². The molecular formula is C17H23N3O2S. The van der Waals surface area contributed by atoms with Gasteiger partial charge in [-0.1, -0.05) is 19.9 Å². The van der Waals surface area contributed by atoms with Gasteiger partial charge in [0.25, 0.3) is 0 Å². The van der Waals surface area contributed by atoms with Gasteiger partial charge in [-0.05, 0) is 25.0 Å². The molecule has 1 unspecified atom stereocenters. The number of anilines is 1. The normalized spacial score (nSPS) is 11.8. The van der Waals surface area contributed by atoms with Crippen LogP contribution in [0.2, 0.25) is 0 Å². The number of amides is 1. The number of hydrogen-bond donors (Lipinski definition) is 2. The number of aromatic nitrogens is 1. The molecule has 1 amide bonds. The van der Waals surface area contributed by atoms with Crippen LogP contribution in [-0.2, 0) is 17.8 Å². The second-order valence-corrected chi connectivity index (χ2v) is 6.08. The summed E-state index contributed by atoms with van der Waals surface area (Å²) in [7, 11) is 1.63. The second-order valence-electron chi connectivity index (χ2n) is 5.14. The van der Waals surface area contributed by atoms with Gasteiger partial charge in [-0.2, -0.15) is 0 Å². The summed E-state index contributed by atoms with van der Waals surface area (Å²) in [6, 6.07) is 7.29. The molecule has 124 valence electrons. The first-order chi connectivity index (χ1) is 11.2. The van der Waals surface area contributed by atoms with Crippen molar-refractivity contribution in [3.63, 3.8) is 0 Å². The summed E-state index contributed by atoms with van der Waals surface area (Å²) in [5, 5.41) is 9.17. The summed E-state index contributed by atoms with van der Waals surface area (Å²) in [6.45, 7) is 4.53. The molecule has 0 radical (unpaired) electrons. The summed E-state index contributed by atoms with van der Waals surface area (Å²) in [6.07, 6.45) is 1.61. The Hall–Kier alpha value is -2.08. The highest BCUT2D eigenvalue weighted by Gasteiger charge is 2.16. The molecule has 2 N–H and O–H groups in total. The van der Waals surface area contributed by atoms with Gasteiger partial charge >= 0.3 is 0 Å². The highest BCUT2D eigenvalue weighted by atomic mass is 32.1. The Labute approximate surface area is 141 Å². The zero-order chi connectivity index (χ0) is 16.7. The number of aryl methyl sites for hydroxylation is 1. The van der Waals surface area contributed by atoms with Crippen molar-refractivity contribution in [3.8, 4) is 5.75 Å². The largest absolute Gasteiger partial charge is 0.497 e. The van der Waals surface area contributed by atoms with Crippen molar-refractivity contribution in [2.75, 3.05) is 12.4 Å². The van der Waals surface area contributed by atoms with E-state index < -0.39 is 0 Å². The van der Waals surface area contributed by atoms with Crippen LogP contribution in [0.3, 0.4) is 0 Å². The summed E-state index contributed by atoms with van der Waals surface area (Å²) in [5.41, 5.74) is 1.94. The molecule has 5 nitrogen and oxygen atoms in total. The van der Waals surface area contributed by atoms with E-state index in [9.17, 15) is 4.79 Å². The molecule has 0 bridgehead atoms. The molecule has 0 saturated carbocycles. The number of thiazole rings is 1. The molecule has 2 rings (SSSR count). The topological polar surface area (TPSA) is 63.2 Å². The first kappa shape index (κ1) is 17.3. The number of methoxy groups -OCH3 is 1.